The van der Waals surface area contributed by atoms with Crippen LogP contribution in [0, 0.1) is 0 Å². The zero-order valence-corrected chi connectivity index (χ0v) is 6.14. The summed E-state index contributed by atoms with van der Waals surface area (Å²) in [7, 11) is -0.750. The van der Waals surface area contributed by atoms with Gasteiger partial charge in [0.15, 0.2) is 0 Å². The second-order valence-electron chi connectivity index (χ2n) is 1.75. The fourth-order valence-corrected chi connectivity index (χ4v) is 0.206. The molecule has 0 bridgehead atoms. The Morgan fingerprint density at radius 2 is 1.82 bits per heavy atom. The van der Waals surface area contributed by atoms with Crippen LogP contribution in [0.15, 0.2) is 0 Å². The summed E-state index contributed by atoms with van der Waals surface area (Å²) < 4.78 is 0. The monoisotopic (exact) mass is 165 g/mol. The maximum absolute atomic E-state index is 9.86. The highest BCUT2D eigenvalue weighted by atomic mass is 16.4. The Kier molecular flexibility index (Phi) is 8.84. The van der Waals surface area contributed by atoms with Crippen molar-refractivity contribution >= 4 is 13.7 Å². The van der Waals surface area contributed by atoms with Gasteiger partial charge in [0, 0.05) is 0 Å². The highest BCUT2D eigenvalue weighted by molar-refractivity contribution is 6.13. The Bertz CT molecular complexity index is 109. The molecule has 0 aromatic carbocycles. The number of carbonyl (C=O) groups is 1. The fourth-order valence-electron chi connectivity index (χ4n) is 0.206. The van der Waals surface area contributed by atoms with E-state index in [1.54, 1.807) is 0 Å². The van der Waals surface area contributed by atoms with Crippen molar-refractivity contribution in [3.8, 4) is 0 Å². The molecule has 0 amide bonds. The number of aliphatic carboxylic acids is 1. The van der Waals surface area contributed by atoms with Crippen LogP contribution in [-0.4, -0.2) is 46.1 Å². The summed E-state index contributed by atoms with van der Waals surface area (Å²) in [6.45, 7) is 1.33. The second kappa shape index (κ2) is 7.48. The van der Waals surface area contributed by atoms with E-state index in [-0.39, 0.29) is 0 Å². The first kappa shape index (κ1) is 13.0. The van der Waals surface area contributed by atoms with Gasteiger partial charge < -0.3 is 26.0 Å². The average Bonchev–Trinajstić information content (AvgIpc) is 1.87. The van der Waals surface area contributed by atoms with Gasteiger partial charge in [0.1, 0.15) is 6.04 Å². The van der Waals surface area contributed by atoms with Crippen molar-refractivity contribution in [2.45, 2.75) is 19.1 Å². The summed E-state index contributed by atoms with van der Waals surface area (Å²) in [6.07, 6.45) is -0.979. The molecule has 0 aromatic rings. The second-order valence-corrected chi connectivity index (χ2v) is 1.75. The zero-order chi connectivity index (χ0) is 9.44. The third-order valence-corrected chi connectivity index (χ3v) is 0.805. The van der Waals surface area contributed by atoms with Gasteiger partial charge in [-0.05, 0) is 6.92 Å². The number of hydrogen-bond donors (Lipinski definition) is 5. The van der Waals surface area contributed by atoms with Gasteiger partial charge in [0.25, 0.3) is 0 Å². The molecule has 0 aliphatic carbocycles. The van der Waals surface area contributed by atoms with Gasteiger partial charge in [0.2, 0.25) is 0 Å². The maximum atomic E-state index is 9.86. The van der Waals surface area contributed by atoms with Crippen LogP contribution >= 0.6 is 0 Å². The van der Waals surface area contributed by atoms with Gasteiger partial charge >= 0.3 is 13.7 Å². The molecule has 6 nitrogen and oxygen atoms in total. The van der Waals surface area contributed by atoms with E-state index in [1.807, 2.05) is 0 Å². The number of carboxylic acid groups (broad SMARTS) is 1. The van der Waals surface area contributed by atoms with E-state index >= 15 is 0 Å². The molecule has 2 atom stereocenters. The lowest BCUT2D eigenvalue weighted by Gasteiger charge is -2.06. The molecule has 0 aromatic heterocycles. The largest absolute Gasteiger partial charge is 0.480 e. The lowest BCUT2D eigenvalue weighted by molar-refractivity contribution is -0.140. The minimum absolute atomic E-state index is 0.750. The summed E-state index contributed by atoms with van der Waals surface area (Å²) in [5, 5.41) is 30.8. The third-order valence-electron chi connectivity index (χ3n) is 0.805. The Morgan fingerprint density at radius 1 is 1.55 bits per heavy atom. The highest BCUT2D eigenvalue weighted by Gasteiger charge is 2.16. The van der Waals surface area contributed by atoms with Crippen LogP contribution in [0.3, 0.4) is 0 Å². The first-order valence-electron chi connectivity index (χ1n) is 2.85. The van der Waals surface area contributed by atoms with E-state index in [9.17, 15) is 4.79 Å². The van der Waals surface area contributed by atoms with E-state index < -0.39 is 25.8 Å². The van der Waals surface area contributed by atoms with Crippen molar-refractivity contribution in [3.63, 3.8) is 0 Å². The summed E-state index contributed by atoms with van der Waals surface area (Å²) in [5.41, 5.74) is 4.91. The molecular weight excluding hydrogens is 153 g/mol. The quantitative estimate of drug-likeness (QED) is 0.278. The summed E-state index contributed by atoms with van der Waals surface area (Å²) in [5.74, 6) is -1.18. The van der Waals surface area contributed by atoms with Gasteiger partial charge in [0.05, 0.1) is 6.10 Å². The SMILES string of the molecule is C[C@@H](O)[C@H](N)C(=O)O.OBO. The van der Waals surface area contributed by atoms with E-state index in [1.165, 1.54) is 6.92 Å². The van der Waals surface area contributed by atoms with Gasteiger partial charge in [-0.2, -0.15) is 0 Å². The Labute approximate surface area is 64.6 Å². The Balaban J connectivity index is 0. The van der Waals surface area contributed by atoms with Crippen LogP contribution < -0.4 is 5.73 Å². The van der Waals surface area contributed by atoms with Crippen molar-refractivity contribution in [3.05, 3.63) is 0 Å². The number of carboxylic acids is 1. The number of hydrogen-bond acceptors (Lipinski definition) is 5. The van der Waals surface area contributed by atoms with E-state index in [2.05, 4.69) is 0 Å². The van der Waals surface area contributed by atoms with Crippen molar-refractivity contribution in [2.75, 3.05) is 0 Å². The van der Waals surface area contributed by atoms with Crippen LogP contribution in [0.5, 0.6) is 0 Å². The topological polar surface area (TPSA) is 124 Å². The molecule has 0 rings (SSSR count). The molecule has 0 aliphatic heterocycles. The highest BCUT2D eigenvalue weighted by Crippen LogP contribution is 1.85. The Hall–Kier alpha value is -0.625. The number of rotatable bonds is 2. The summed E-state index contributed by atoms with van der Waals surface area (Å²) >= 11 is 0. The van der Waals surface area contributed by atoms with E-state index in [4.69, 9.17) is 26.0 Å². The first-order chi connectivity index (χ1) is 4.97. The summed E-state index contributed by atoms with van der Waals surface area (Å²) in [4.78, 5) is 9.86. The normalized spacial score (nSPS) is 13.9. The smallest absolute Gasteiger partial charge is 0.432 e. The first-order valence-corrected chi connectivity index (χ1v) is 2.85. The molecule has 66 valence electrons. The summed E-state index contributed by atoms with van der Waals surface area (Å²) in [6, 6.07) is -1.16. The lowest BCUT2D eigenvalue weighted by atomic mass is 10.2. The number of nitrogens with two attached hydrogens (primary N) is 1. The minimum Gasteiger partial charge on any atom is -0.480 e. The van der Waals surface area contributed by atoms with Crippen molar-refractivity contribution in [1.82, 2.24) is 0 Å². The number of aliphatic hydroxyl groups is 1. The molecule has 0 radical (unpaired) electrons. The van der Waals surface area contributed by atoms with Crippen LogP contribution in [0.1, 0.15) is 6.92 Å². The standard InChI is InChI=1S/C4H9NO3.BH3O2/c1-2(6)3(5)4(7)8;2-1-3/h2-3,6H,5H2,1H3,(H,7,8);1-3H/t2-,3+;/m1./s1. The van der Waals surface area contributed by atoms with E-state index in [0.717, 1.165) is 0 Å². The number of aliphatic hydroxyl groups excluding tert-OH is 1. The van der Waals surface area contributed by atoms with Crippen LogP contribution in [0.25, 0.3) is 0 Å². The molecule has 0 aliphatic rings. The van der Waals surface area contributed by atoms with Gasteiger partial charge in [-0.15, -0.1) is 0 Å². The molecule has 7 heteroatoms. The predicted molar refractivity (Wildman–Crippen MR) is 38.9 cm³/mol. The molecule has 0 fully saturated rings. The van der Waals surface area contributed by atoms with E-state index in [0.29, 0.717) is 0 Å². The van der Waals surface area contributed by atoms with Crippen LogP contribution in [0.4, 0.5) is 0 Å². The van der Waals surface area contributed by atoms with Crippen LogP contribution in [0.2, 0.25) is 0 Å². The molecule has 0 unspecified atom stereocenters. The molecule has 0 heterocycles. The molecule has 0 spiro atoms. The fraction of sp³-hybridized carbons (Fsp3) is 0.750. The molecule has 0 saturated heterocycles. The Morgan fingerprint density at radius 3 is 1.82 bits per heavy atom. The van der Waals surface area contributed by atoms with Crippen molar-refractivity contribution < 1.29 is 25.1 Å². The maximum Gasteiger partial charge on any atom is 0.432 e. The van der Waals surface area contributed by atoms with Gasteiger partial charge in [-0.1, -0.05) is 0 Å². The van der Waals surface area contributed by atoms with Crippen molar-refractivity contribution in [2.24, 2.45) is 5.73 Å². The molecule has 6 N–H and O–H groups in total. The third kappa shape index (κ3) is 9.37. The minimum atomic E-state index is -1.18. The van der Waals surface area contributed by atoms with Gasteiger partial charge in [-0.25, -0.2) is 0 Å². The average molecular weight is 165 g/mol. The van der Waals surface area contributed by atoms with Crippen molar-refractivity contribution in [1.29, 1.82) is 0 Å². The molecule has 11 heavy (non-hydrogen) atoms. The zero-order valence-electron chi connectivity index (χ0n) is 6.14. The molecule has 0 saturated carbocycles. The molecular formula is C4H12BNO5. The van der Waals surface area contributed by atoms with Crippen LogP contribution in [-0.2, 0) is 4.79 Å². The predicted octanol–water partition coefficient (Wildman–Crippen LogP) is -2.98. The van der Waals surface area contributed by atoms with Gasteiger partial charge in [-0.3, -0.25) is 4.79 Å². The lowest BCUT2D eigenvalue weighted by Crippen LogP contribution is -2.39.